The van der Waals surface area contributed by atoms with Crippen LogP contribution in [0.1, 0.15) is 27.0 Å². The summed E-state index contributed by atoms with van der Waals surface area (Å²) >= 11 is 0. The molecule has 0 atom stereocenters. The van der Waals surface area contributed by atoms with Gasteiger partial charge in [-0.05, 0) is 62.5 Å². The maximum atomic E-state index is 12.7. The Bertz CT molecular complexity index is 1310. The van der Waals surface area contributed by atoms with E-state index < -0.39 is 14.9 Å². The first-order valence-electron chi connectivity index (χ1n) is 10.4. The summed E-state index contributed by atoms with van der Waals surface area (Å²) in [7, 11) is -0.0844. The molecule has 0 saturated heterocycles. The number of nitrogens with one attached hydrogen (secondary N) is 2. The zero-order chi connectivity index (χ0) is 24.9. The molecule has 3 rings (SSSR count). The van der Waals surface area contributed by atoms with Gasteiger partial charge < -0.3 is 10.2 Å². The van der Waals surface area contributed by atoms with E-state index in [1.165, 1.54) is 43.3 Å². The molecule has 3 aromatic carbocycles. The third-order valence-electron chi connectivity index (χ3n) is 5.13. The van der Waals surface area contributed by atoms with Gasteiger partial charge >= 0.3 is 0 Å². The predicted octanol–water partition coefficient (Wildman–Crippen LogP) is 3.70. The summed E-state index contributed by atoms with van der Waals surface area (Å²) in [6, 6.07) is 17.5. The lowest BCUT2D eigenvalue weighted by Gasteiger charge is -2.15. The molecule has 0 unspecified atom stereocenters. The van der Waals surface area contributed by atoms with E-state index in [1.54, 1.807) is 0 Å². The number of rotatable bonds is 9. The van der Waals surface area contributed by atoms with Crippen LogP contribution in [0.25, 0.3) is 0 Å². The Morgan fingerprint density at radius 1 is 1.00 bits per heavy atom. The number of anilines is 1. The van der Waals surface area contributed by atoms with Crippen LogP contribution in [0.4, 0.5) is 11.4 Å². The fourth-order valence-corrected chi connectivity index (χ4v) is 4.44. The fourth-order valence-electron chi connectivity index (χ4n) is 3.36. The maximum Gasteiger partial charge on any atom is 0.273 e. The third-order valence-corrected chi connectivity index (χ3v) is 6.51. The minimum atomic E-state index is -4.04. The van der Waals surface area contributed by atoms with Gasteiger partial charge in [-0.2, -0.15) is 0 Å². The van der Waals surface area contributed by atoms with E-state index in [0.717, 1.165) is 23.7 Å². The van der Waals surface area contributed by atoms with Crippen molar-refractivity contribution in [2.24, 2.45) is 0 Å². The maximum absolute atomic E-state index is 12.7. The minimum absolute atomic E-state index is 0.219. The number of benzene rings is 3. The smallest absolute Gasteiger partial charge is 0.273 e. The summed E-state index contributed by atoms with van der Waals surface area (Å²) in [5, 5.41) is 14.0. The fraction of sp³-hybridized carbons (Fsp3) is 0.208. The van der Waals surface area contributed by atoms with E-state index in [4.69, 9.17) is 0 Å². The van der Waals surface area contributed by atoms with Crippen molar-refractivity contribution in [3.05, 3.63) is 99.1 Å². The van der Waals surface area contributed by atoms with Crippen LogP contribution in [0.5, 0.6) is 0 Å². The number of hydrogen-bond acceptors (Lipinski definition) is 6. The number of nitro benzene ring substituents is 1. The Balaban J connectivity index is 1.68. The summed E-state index contributed by atoms with van der Waals surface area (Å²) in [4.78, 5) is 24.9. The van der Waals surface area contributed by atoms with Crippen LogP contribution in [0.2, 0.25) is 0 Å². The van der Waals surface area contributed by atoms with Crippen LogP contribution < -0.4 is 10.0 Å². The lowest BCUT2D eigenvalue weighted by molar-refractivity contribution is -0.385. The summed E-state index contributed by atoms with van der Waals surface area (Å²) in [5.74, 6) is -0.289. The van der Waals surface area contributed by atoms with E-state index in [2.05, 4.69) is 14.9 Å². The van der Waals surface area contributed by atoms with Crippen molar-refractivity contribution in [3.63, 3.8) is 0 Å². The molecular weight excluding hydrogens is 456 g/mol. The molecule has 2 N–H and O–H groups in total. The molecule has 0 bridgehead atoms. The van der Waals surface area contributed by atoms with Crippen molar-refractivity contribution in [1.29, 1.82) is 0 Å². The van der Waals surface area contributed by atoms with Crippen molar-refractivity contribution in [2.45, 2.75) is 24.9 Å². The van der Waals surface area contributed by atoms with Crippen LogP contribution in [0.15, 0.2) is 71.6 Å². The third kappa shape index (κ3) is 6.18. The van der Waals surface area contributed by atoms with Gasteiger partial charge in [0.1, 0.15) is 0 Å². The monoisotopic (exact) mass is 482 g/mol. The lowest BCUT2D eigenvalue weighted by Crippen LogP contribution is -2.24. The van der Waals surface area contributed by atoms with Gasteiger partial charge in [0.25, 0.3) is 21.6 Å². The molecular formula is C24H26N4O5S. The molecule has 9 nitrogen and oxygen atoms in total. The molecule has 0 heterocycles. The van der Waals surface area contributed by atoms with Crippen molar-refractivity contribution in [1.82, 2.24) is 10.2 Å². The second-order valence-corrected chi connectivity index (χ2v) is 9.76. The Morgan fingerprint density at radius 3 is 2.26 bits per heavy atom. The zero-order valence-corrected chi connectivity index (χ0v) is 19.9. The molecule has 0 saturated carbocycles. The number of aryl methyl sites for hydroxylation is 1. The number of carbonyl (C=O) groups is 1. The van der Waals surface area contributed by atoms with E-state index >= 15 is 0 Å². The van der Waals surface area contributed by atoms with E-state index in [9.17, 15) is 23.3 Å². The number of carbonyl (C=O) groups excluding carboxylic acids is 1. The molecule has 0 aromatic heterocycles. The van der Waals surface area contributed by atoms with E-state index in [1.807, 2.05) is 38.4 Å². The molecule has 0 radical (unpaired) electrons. The predicted molar refractivity (Wildman–Crippen MR) is 130 cm³/mol. The molecule has 0 fully saturated rings. The van der Waals surface area contributed by atoms with Crippen LogP contribution >= 0.6 is 0 Å². The molecule has 0 spiro atoms. The largest absolute Gasteiger partial charge is 0.348 e. The van der Waals surface area contributed by atoms with Gasteiger partial charge in [0.2, 0.25) is 0 Å². The van der Waals surface area contributed by atoms with Crippen molar-refractivity contribution in [2.75, 3.05) is 18.8 Å². The molecule has 0 aliphatic carbocycles. The first-order valence-corrected chi connectivity index (χ1v) is 11.9. The normalized spacial score (nSPS) is 11.3. The van der Waals surface area contributed by atoms with Gasteiger partial charge in [0, 0.05) is 36.0 Å². The van der Waals surface area contributed by atoms with Gasteiger partial charge in [0.05, 0.1) is 9.82 Å². The number of sulfonamides is 1. The van der Waals surface area contributed by atoms with Crippen LogP contribution in [0.3, 0.4) is 0 Å². The average Bonchev–Trinajstić information content (AvgIpc) is 2.78. The van der Waals surface area contributed by atoms with E-state index in [-0.39, 0.29) is 22.2 Å². The summed E-state index contributed by atoms with van der Waals surface area (Å²) < 4.78 is 27.7. The SMILES string of the molecule is Cc1ccc(S(=O)(=O)Nc2ccc(C(=O)NCc3ccccc3CN(C)C)cc2)cc1[N+](=O)[O-]. The van der Waals surface area contributed by atoms with Crippen molar-refractivity contribution >= 4 is 27.3 Å². The molecule has 0 aliphatic rings. The van der Waals surface area contributed by atoms with Crippen LogP contribution in [0, 0.1) is 17.0 Å². The standard InChI is InChI=1S/C24H26N4O5S/c1-17-8-13-22(14-23(17)28(30)31)34(32,33)26-21-11-9-18(10-12-21)24(29)25-15-19-6-4-5-7-20(19)16-27(2)3/h4-14,26H,15-16H2,1-3H3,(H,25,29). The van der Waals surface area contributed by atoms with Crippen molar-refractivity contribution < 1.29 is 18.1 Å². The second-order valence-electron chi connectivity index (χ2n) is 8.08. The second kappa shape index (κ2) is 10.4. The number of hydrogen-bond donors (Lipinski definition) is 2. The van der Waals surface area contributed by atoms with Gasteiger partial charge in [-0.25, -0.2) is 8.42 Å². The van der Waals surface area contributed by atoms with Gasteiger partial charge in [0.15, 0.2) is 0 Å². The highest BCUT2D eigenvalue weighted by Crippen LogP contribution is 2.24. The first-order chi connectivity index (χ1) is 16.1. The molecule has 34 heavy (non-hydrogen) atoms. The highest BCUT2D eigenvalue weighted by molar-refractivity contribution is 7.92. The number of amides is 1. The minimum Gasteiger partial charge on any atom is -0.348 e. The van der Waals surface area contributed by atoms with Crippen molar-refractivity contribution in [3.8, 4) is 0 Å². The Labute approximate surface area is 198 Å². The highest BCUT2D eigenvalue weighted by Gasteiger charge is 2.20. The number of nitrogens with zero attached hydrogens (tertiary/aromatic N) is 2. The molecule has 3 aromatic rings. The Morgan fingerprint density at radius 2 is 1.65 bits per heavy atom. The molecule has 0 aliphatic heterocycles. The first kappa shape index (κ1) is 24.9. The van der Waals surface area contributed by atoms with Gasteiger partial charge in [-0.3, -0.25) is 19.6 Å². The zero-order valence-electron chi connectivity index (χ0n) is 19.1. The highest BCUT2D eigenvalue weighted by atomic mass is 32.2. The summed E-state index contributed by atoms with van der Waals surface area (Å²) in [5.41, 5.74) is 2.83. The summed E-state index contributed by atoms with van der Waals surface area (Å²) in [6.07, 6.45) is 0. The van der Waals surface area contributed by atoms with Gasteiger partial charge in [-0.15, -0.1) is 0 Å². The lowest BCUT2D eigenvalue weighted by atomic mass is 10.1. The van der Waals surface area contributed by atoms with Gasteiger partial charge in [-0.1, -0.05) is 30.3 Å². The molecule has 10 heteroatoms. The van der Waals surface area contributed by atoms with E-state index in [0.29, 0.717) is 17.7 Å². The topological polar surface area (TPSA) is 122 Å². The molecule has 1 amide bonds. The van der Waals surface area contributed by atoms with Crippen LogP contribution in [-0.2, 0) is 23.1 Å². The number of nitro groups is 1. The Kier molecular flexibility index (Phi) is 7.64. The average molecular weight is 483 g/mol. The summed E-state index contributed by atoms with van der Waals surface area (Å²) in [6.45, 7) is 2.65. The molecule has 178 valence electrons. The Hall–Kier alpha value is -3.76. The quantitative estimate of drug-likeness (QED) is 0.354. The van der Waals surface area contributed by atoms with Crippen LogP contribution in [-0.4, -0.2) is 38.2 Å².